The van der Waals surface area contributed by atoms with Crippen molar-refractivity contribution in [3.63, 3.8) is 0 Å². The zero-order chi connectivity index (χ0) is 31.1. The zero-order valence-electron chi connectivity index (χ0n) is 23.2. The molecule has 1 amide bonds. The second-order valence-electron chi connectivity index (χ2n) is 9.60. The summed E-state index contributed by atoms with van der Waals surface area (Å²) in [4.78, 5) is 23.0. The molecule has 2 atom stereocenters. The molecule has 0 unspecified atom stereocenters. The minimum absolute atomic E-state index is 0.0144. The van der Waals surface area contributed by atoms with E-state index in [-0.39, 0.29) is 41.9 Å². The number of hydrogen-bond donors (Lipinski definition) is 0. The molecule has 16 heteroatoms. The van der Waals surface area contributed by atoms with Crippen LogP contribution >= 0.6 is 11.3 Å². The Bertz CT molecular complexity index is 1800. The highest BCUT2D eigenvalue weighted by Crippen LogP contribution is 2.46. The lowest BCUT2D eigenvalue weighted by atomic mass is 10.0. The predicted octanol–water partition coefficient (Wildman–Crippen LogP) is 5.13. The van der Waals surface area contributed by atoms with Crippen LogP contribution in [-0.2, 0) is 19.6 Å². The Morgan fingerprint density at radius 3 is 2.70 bits per heavy atom. The molecule has 11 nitrogen and oxygen atoms in total. The summed E-state index contributed by atoms with van der Waals surface area (Å²) >= 11 is 1.13. The Balaban J connectivity index is 1.77. The second kappa shape index (κ2) is 11.6. The van der Waals surface area contributed by atoms with Crippen LogP contribution in [0.15, 0.2) is 48.5 Å². The molecule has 1 aliphatic heterocycles. The lowest BCUT2D eigenvalue weighted by Crippen LogP contribution is -2.42. The molecule has 5 rings (SSSR count). The number of carbonyl (C=O) groups is 1. The van der Waals surface area contributed by atoms with Gasteiger partial charge in [0, 0.05) is 19.9 Å². The molecule has 0 radical (unpaired) electrons. The van der Waals surface area contributed by atoms with Gasteiger partial charge in [-0.25, -0.2) is 4.98 Å². The predicted molar refractivity (Wildman–Crippen MR) is 152 cm³/mol. The summed E-state index contributed by atoms with van der Waals surface area (Å²) in [5.74, 6) is -0.700. The van der Waals surface area contributed by atoms with E-state index in [2.05, 4.69) is 20.7 Å². The highest BCUT2D eigenvalue weighted by Gasteiger charge is 2.49. The molecular formula is C27H26F3N5O6S2. The van der Waals surface area contributed by atoms with Crippen molar-refractivity contribution >= 4 is 37.4 Å². The van der Waals surface area contributed by atoms with E-state index in [1.54, 1.807) is 33.2 Å². The van der Waals surface area contributed by atoms with Gasteiger partial charge in [0.05, 0.1) is 40.0 Å². The van der Waals surface area contributed by atoms with Gasteiger partial charge in [0.1, 0.15) is 29.4 Å². The maximum atomic E-state index is 13.4. The number of carbonyl (C=O) groups excluding carboxylic acids is 1. The Hall–Kier alpha value is -4.02. The molecule has 0 spiro atoms. The van der Waals surface area contributed by atoms with Crippen LogP contribution in [0, 0.1) is 0 Å². The first-order valence-electron chi connectivity index (χ1n) is 12.9. The van der Waals surface area contributed by atoms with Crippen LogP contribution in [0.4, 0.5) is 13.2 Å². The minimum atomic E-state index is -6.05. The van der Waals surface area contributed by atoms with E-state index in [4.69, 9.17) is 14.6 Å². The van der Waals surface area contributed by atoms with Crippen molar-refractivity contribution in [2.45, 2.75) is 31.4 Å². The van der Waals surface area contributed by atoms with Crippen LogP contribution < -0.4 is 8.92 Å². The number of methoxy groups -OCH3 is 1. The molecule has 5 heterocycles. The number of halogens is 3. The summed E-state index contributed by atoms with van der Waals surface area (Å²) in [6.45, 7) is 8.03. The summed E-state index contributed by atoms with van der Waals surface area (Å²) in [7, 11) is -4.53. The van der Waals surface area contributed by atoms with Crippen LogP contribution in [-0.4, -0.2) is 71.3 Å². The fourth-order valence-electron chi connectivity index (χ4n) is 4.81. The number of rotatable bonds is 9. The number of pyridine rings is 2. The van der Waals surface area contributed by atoms with E-state index in [0.717, 1.165) is 11.3 Å². The molecule has 4 aromatic rings. The zero-order valence-corrected chi connectivity index (χ0v) is 24.8. The molecule has 0 saturated heterocycles. The van der Waals surface area contributed by atoms with Crippen LogP contribution in [0.25, 0.3) is 32.7 Å². The van der Waals surface area contributed by atoms with Gasteiger partial charge in [-0.15, -0.1) is 11.3 Å². The lowest BCUT2D eigenvalue weighted by Gasteiger charge is -2.36. The van der Waals surface area contributed by atoms with Gasteiger partial charge in [-0.3, -0.25) is 14.5 Å². The van der Waals surface area contributed by atoms with Crippen molar-refractivity contribution in [3.8, 4) is 34.3 Å². The molecule has 1 aliphatic rings. The third-order valence-electron chi connectivity index (χ3n) is 6.84. The van der Waals surface area contributed by atoms with Crippen molar-refractivity contribution in [1.82, 2.24) is 24.6 Å². The van der Waals surface area contributed by atoms with Gasteiger partial charge in [0.15, 0.2) is 0 Å². The van der Waals surface area contributed by atoms with Gasteiger partial charge >= 0.3 is 15.6 Å². The van der Waals surface area contributed by atoms with Crippen LogP contribution in [0.3, 0.4) is 0 Å². The largest absolute Gasteiger partial charge is 0.534 e. The number of hydrogen-bond acceptors (Lipinski definition) is 10. The first-order chi connectivity index (χ1) is 20.4. The Morgan fingerprint density at radius 1 is 1.23 bits per heavy atom. The molecule has 0 N–H and O–H groups in total. The molecule has 0 bridgehead atoms. The van der Waals surface area contributed by atoms with Crippen LogP contribution in [0.1, 0.15) is 31.6 Å². The summed E-state index contributed by atoms with van der Waals surface area (Å²) in [6.07, 6.45) is 2.73. The van der Waals surface area contributed by atoms with E-state index >= 15 is 0 Å². The minimum Gasteiger partial charge on any atom is -0.489 e. The van der Waals surface area contributed by atoms with Crippen molar-refractivity contribution in [3.05, 3.63) is 54.2 Å². The molecule has 4 aromatic heterocycles. The van der Waals surface area contributed by atoms with Gasteiger partial charge in [0.25, 0.3) is 0 Å². The van der Waals surface area contributed by atoms with Gasteiger partial charge in [-0.1, -0.05) is 6.58 Å². The van der Waals surface area contributed by atoms with E-state index in [9.17, 15) is 26.4 Å². The monoisotopic (exact) mass is 637 g/mol. The number of fused-ring (bicyclic) bond motifs is 2. The summed E-state index contributed by atoms with van der Waals surface area (Å²) in [5.41, 5.74) is -4.18. The molecule has 228 valence electrons. The first kappa shape index (κ1) is 30.4. The van der Waals surface area contributed by atoms with Crippen LogP contribution in [0.5, 0.6) is 11.6 Å². The second-order valence-corrected chi connectivity index (χ2v) is 12.1. The summed E-state index contributed by atoms with van der Waals surface area (Å²) in [6, 6.07) is 5.69. The summed E-state index contributed by atoms with van der Waals surface area (Å²) in [5, 5.41) is 6.32. The highest BCUT2D eigenvalue weighted by molar-refractivity contribution is 7.88. The Kier molecular flexibility index (Phi) is 8.20. The maximum absolute atomic E-state index is 13.4. The fraction of sp³-hybridized carbons (Fsp3) is 0.333. The normalized spacial score (nSPS) is 17.1. The average molecular weight is 638 g/mol. The van der Waals surface area contributed by atoms with Gasteiger partial charge in [-0.05, 0) is 49.6 Å². The van der Waals surface area contributed by atoms with Crippen molar-refractivity contribution < 1.29 is 40.0 Å². The molecule has 0 aliphatic carbocycles. The van der Waals surface area contributed by atoms with E-state index < -0.39 is 27.5 Å². The Morgan fingerprint density at radius 2 is 2.00 bits per heavy atom. The number of thiophene rings is 1. The number of nitrogens with zero attached hydrogens (tertiary/aromatic N) is 5. The third kappa shape index (κ3) is 5.57. The molecule has 0 fully saturated rings. The topological polar surface area (TPSA) is 126 Å². The Labute approximate surface area is 248 Å². The SMILES string of the molecule is C=CC(=O)N1C[C@H](C)n2nc(-c3nc(OS(=O)(=O)C(F)(F)F)c4ccsc4c3-c3ncccc3OCCOC)cc2[C@H]1C. The number of aromatic nitrogens is 4. The van der Waals surface area contributed by atoms with Crippen molar-refractivity contribution in [2.24, 2.45) is 0 Å². The number of alkyl halides is 3. The quantitative estimate of drug-likeness (QED) is 0.106. The molecular weight excluding hydrogens is 611 g/mol. The molecule has 0 aromatic carbocycles. The smallest absolute Gasteiger partial charge is 0.489 e. The maximum Gasteiger partial charge on any atom is 0.534 e. The standard InChI is InChI=1S/C27H26F3N5O6S2/c1-5-21(36)34-14-15(2)35-19(16(34)3)13-18(33-35)23-22(24-20(7-6-9-31-24)40-11-10-39-4)25-17(8-12-42-25)26(32-23)41-43(37,38)27(28,29)30/h5-9,12-13,15-16H,1,10-11,14H2,2-4H3/t15-,16+/m0/s1. The highest BCUT2D eigenvalue weighted by atomic mass is 32.2. The van der Waals surface area contributed by atoms with Gasteiger partial charge in [0.2, 0.25) is 11.8 Å². The van der Waals surface area contributed by atoms with Gasteiger partial charge < -0.3 is 18.6 Å². The first-order valence-corrected chi connectivity index (χ1v) is 15.2. The van der Waals surface area contributed by atoms with Crippen molar-refractivity contribution in [2.75, 3.05) is 26.9 Å². The number of amides is 1. The summed E-state index contributed by atoms with van der Waals surface area (Å²) < 4.78 is 81.8. The van der Waals surface area contributed by atoms with Crippen LogP contribution in [0.2, 0.25) is 0 Å². The van der Waals surface area contributed by atoms with E-state index in [0.29, 0.717) is 33.9 Å². The molecule has 0 saturated carbocycles. The van der Waals surface area contributed by atoms with Gasteiger partial charge in [-0.2, -0.15) is 26.7 Å². The third-order valence-corrected chi connectivity index (χ3v) is 8.71. The van der Waals surface area contributed by atoms with E-state index in [1.807, 2.05) is 13.8 Å². The lowest BCUT2D eigenvalue weighted by molar-refractivity contribution is -0.129. The number of ether oxygens (including phenoxy) is 2. The fourth-order valence-corrected chi connectivity index (χ4v) is 6.18. The average Bonchev–Trinajstić information content (AvgIpc) is 3.63. The molecule has 43 heavy (non-hydrogen) atoms. The van der Waals surface area contributed by atoms with E-state index in [1.165, 1.54) is 25.4 Å². The van der Waals surface area contributed by atoms with Crippen molar-refractivity contribution in [1.29, 1.82) is 0 Å².